The van der Waals surface area contributed by atoms with Crippen molar-refractivity contribution in [2.75, 3.05) is 0 Å². The van der Waals surface area contributed by atoms with Crippen molar-refractivity contribution < 1.29 is 15.0 Å². The van der Waals surface area contributed by atoms with E-state index in [1.165, 1.54) is 6.92 Å². The largest absolute Gasteiger partial charge is 0.392 e. The van der Waals surface area contributed by atoms with Gasteiger partial charge in [-0.15, -0.1) is 0 Å². The predicted molar refractivity (Wildman–Crippen MR) is 86.3 cm³/mol. The van der Waals surface area contributed by atoms with Gasteiger partial charge in [-0.05, 0) is 30.9 Å². The molecular weight excluding hydrogens is 276 g/mol. The molecule has 2 rings (SSSR count). The third-order valence-electron chi connectivity index (χ3n) is 3.94. The van der Waals surface area contributed by atoms with Gasteiger partial charge in [-0.1, -0.05) is 60.7 Å². The zero-order valence-corrected chi connectivity index (χ0v) is 12.7. The van der Waals surface area contributed by atoms with E-state index in [9.17, 15) is 15.0 Å². The van der Waals surface area contributed by atoms with E-state index in [0.717, 1.165) is 5.56 Å². The van der Waals surface area contributed by atoms with Crippen molar-refractivity contribution in [3.05, 3.63) is 71.8 Å². The van der Waals surface area contributed by atoms with Crippen molar-refractivity contribution in [3.8, 4) is 0 Å². The number of carbonyl (C=O) groups excluding carboxylic acids is 1. The first-order valence-corrected chi connectivity index (χ1v) is 7.55. The van der Waals surface area contributed by atoms with Gasteiger partial charge < -0.3 is 10.2 Å². The van der Waals surface area contributed by atoms with Crippen LogP contribution in [0.5, 0.6) is 0 Å². The number of aryl methyl sites for hydroxylation is 1. The molecule has 3 nitrogen and oxygen atoms in total. The Labute approximate surface area is 131 Å². The molecule has 0 heterocycles. The molecule has 2 aromatic rings. The Morgan fingerprint density at radius 3 is 2.05 bits per heavy atom. The van der Waals surface area contributed by atoms with Crippen molar-refractivity contribution in [1.82, 2.24) is 0 Å². The van der Waals surface area contributed by atoms with Crippen LogP contribution in [0, 0.1) is 5.92 Å². The lowest BCUT2D eigenvalue weighted by Crippen LogP contribution is -2.32. The Bertz CT molecular complexity index is 580. The Hall–Kier alpha value is -1.97. The maximum Gasteiger partial charge on any atom is 0.138 e. The van der Waals surface area contributed by atoms with Crippen LogP contribution in [0.15, 0.2) is 60.7 Å². The minimum atomic E-state index is -0.982. The molecule has 0 saturated heterocycles. The van der Waals surface area contributed by atoms with Gasteiger partial charge in [0.15, 0.2) is 0 Å². The van der Waals surface area contributed by atoms with Crippen LogP contribution < -0.4 is 0 Å². The lowest BCUT2D eigenvalue weighted by Gasteiger charge is -2.26. The zero-order valence-electron chi connectivity index (χ0n) is 12.7. The molecule has 0 spiro atoms. The lowest BCUT2D eigenvalue weighted by atomic mass is 9.85. The summed E-state index contributed by atoms with van der Waals surface area (Å²) in [6, 6.07) is 18.8. The molecule has 2 aromatic carbocycles. The van der Waals surface area contributed by atoms with Crippen molar-refractivity contribution in [2.24, 2.45) is 5.92 Å². The molecule has 0 radical (unpaired) electrons. The van der Waals surface area contributed by atoms with Crippen molar-refractivity contribution in [1.29, 1.82) is 0 Å². The molecule has 3 atom stereocenters. The van der Waals surface area contributed by atoms with Crippen LogP contribution in [0.25, 0.3) is 0 Å². The predicted octanol–water partition coefficient (Wildman–Crippen LogP) is 2.92. The van der Waals surface area contributed by atoms with E-state index in [1.807, 2.05) is 48.5 Å². The van der Waals surface area contributed by atoms with Crippen LogP contribution in [-0.4, -0.2) is 22.1 Å². The molecule has 2 N–H and O–H groups in total. The summed E-state index contributed by atoms with van der Waals surface area (Å²) in [4.78, 5) is 11.9. The number of benzene rings is 2. The van der Waals surface area contributed by atoms with Gasteiger partial charge in [-0.2, -0.15) is 0 Å². The van der Waals surface area contributed by atoms with Crippen LogP contribution in [0.1, 0.15) is 30.6 Å². The molecule has 0 amide bonds. The lowest BCUT2D eigenvalue weighted by molar-refractivity contribution is -0.130. The van der Waals surface area contributed by atoms with Gasteiger partial charge in [0.25, 0.3) is 0 Å². The van der Waals surface area contributed by atoms with E-state index in [0.29, 0.717) is 18.4 Å². The summed E-state index contributed by atoms with van der Waals surface area (Å²) in [6.07, 6.45) is -0.733. The Kier molecular flexibility index (Phi) is 5.87. The highest BCUT2D eigenvalue weighted by Gasteiger charge is 2.31. The number of Topliss-reactive ketones (excluding diaryl/α,β-unsaturated/α-hetero) is 1. The van der Waals surface area contributed by atoms with Gasteiger partial charge in [0, 0.05) is 0 Å². The van der Waals surface area contributed by atoms with Gasteiger partial charge in [0.2, 0.25) is 0 Å². The van der Waals surface area contributed by atoms with E-state index in [1.54, 1.807) is 12.1 Å². The summed E-state index contributed by atoms with van der Waals surface area (Å²) in [5, 5.41) is 20.8. The topological polar surface area (TPSA) is 57.5 Å². The normalized spacial score (nSPS) is 15.0. The fraction of sp³-hybridized carbons (Fsp3) is 0.316. The van der Waals surface area contributed by atoms with Crippen LogP contribution in [0.2, 0.25) is 0 Å². The first-order chi connectivity index (χ1) is 10.6. The maximum atomic E-state index is 11.9. The molecule has 0 fully saturated rings. The highest BCUT2D eigenvalue weighted by molar-refractivity contribution is 5.79. The monoisotopic (exact) mass is 298 g/mol. The summed E-state index contributed by atoms with van der Waals surface area (Å²) in [5.41, 5.74) is 1.76. The molecular formula is C19H22O3. The number of rotatable bonds is 7. The molecule has 0 saturated carbocycles. The van der Waals surface area contributed by atoms with Crippen molar-refractivity contribution in [3.63, 3.8) is 0 Å². The average molecular weight is 298 g/mol. The minimum absolute atomic E-state index is 0.197. The molecule has 0 aliphatic carbocycles. The maximum absolute atomic E-state index is 11.9. The summed E-state index contributed by atoms with van der Waals surface area (Å²) < 4.78 is 0. The van der Waals surface area contributed by atoms with Gasteiger partial charge >= 0.3 is 0 Å². The molecule has 0 aliphatic rings. The third kappa shape index (κ3) is 4.26. The highest BCUT2D eigenvalue weighted by Crippen LogP contribution is 2.27. The average Bonchev–Trinajstić information content (AvgIpc) is 2.54. The molecule has 22 heavy (non-hydrogen) atoms. The third-order valence-corrected chi connectivity index (χ3v) is 3.94. The zero-order chi connectivity index (χ0) is 15.9. The Balaban J connectivity index is 2.05. The standard InChI is InChI=1S/C19H22O3/c1-14(20)18(19(22)16-10-6-3-7-11-16)17(21)13-12-15-8-4-2-5-9-15/h2-11,17-19,21-22H,12-13H2,1H3. The molecule has 0 aromatic heterocycles. The van der Waals surface area contributed by atoms with Crippen LogP contribution >= 0.6 is 0 Å². The second kappa shape index (κ2) is 7.87. The fourth-order valence-corrected chi connectivity index (χ4v) is 2.70. The van der Waals surface area contributed by atoms with Gasteiger partial charge in [-0.3, -0.25) is 4.79 Å². The van der Waals surface area contributed by atoms with Crippen molar-refractivity contribution in [2.45, 2.75) is 32.0 Å². The second-order valence-electron chi connectivity index (χ2n) is 5.58. The first kappa shape index (κ1) is 16.4. The van der Waals surface area contributed by atoms with Crippen molar-refractivity contribution >= 4 is 5.78 Å². The highest BCUT2D eigenvalue weighted by atomic mass is 16.3. The first-order valence-electron chi connectivity index (χ1n) is 7.55. The Morgan fingerprint density at radius 2 is 1.50 bits per heavy atom. The SMILES string of the molecule is CC(=O)C(C(O)CCc1ccccc1)C(O)c1ccccc1. The van der Waals surface area contributed by atoms with E-state index in [2.05, 4.69) is 0 Å². The second-order valence-corrected chi connectivity index (χ2v) is 5.58. The van der Waals surface area contributed by atoms with Gasteiger partial charge in [-0.25, -0.2) is 0 Å². The number of hydrogen-bond acceptors (Lipinski definition) is 3. The van der Waals surface area contributed by atoms with E-state index in [-0.39, 0.29) is 5.78 Å². The summed E-state index contributed by atoms with van der Waals surface area (Å²) in [5.74, 6) is -0.997. The summed E-state index contributed by atoms with van der Waals surface area (Å²) >= 11 is 0. The van der Waals surface area contributed by atoms with Gasteiger partial charge in [0.05, 0.1) is 18.1 Å². The Morgan fingerprint density at radius 1 is 0.955 bits per heavy atom. The van der Waals surface area contributed by atoms with Crippen LogP contribution in [0.4, 0.5) is 0 Å². The number of ketones is 1. The smallest absolute Gasteiger partial charge is 0.138 e. The molecule has 3 heteroatoms. The van der Waals surface area contributed by atoms with Gasteiger partial charge in [0.1, 0.15) is 5.78 Å². The summed E-state index contributed by atoms with van der Waals surface area (Å²) in [7, 11) is 0. The fourth-order valence-electron chi connectivity index (χ4n) is 2.70. The van der Waals surface area contributed by atoms with E-state index < -0.39 is 18.1 Å². The number of aliphatic hydroxyl groups excluding tert-OH is 2. The quantitative estimate of drug-likeness (QED) is 0.826. The molecule has 0 bridgehead atoms. The number of carbonyl (C=O) groups is 1. The summed E-state index contributed by atoms with van der Waals surface area (Å²) in [6.45, 7) is 1.42. The molecule has 0 aliphatic heterocycles. The number of aliphatic hydroxyl groups is 2. The minimum Gasteiger partial charge on any atom is -0.392 e. The van der Waals surface area contributed by atoms with E-state index >= 15 is 0 Å². The van der Waals surface area contributed by atoms with Crippen LogP contribution in [0.3, 0.4) is 0 Å². The van der Waals surface area contributed by atoms with Crippen LogP contribution in [-0.2, 0) is 11.2 Å². The molecule has 116 valence electrons. The number of hydrogen-bond donors (Lipinski definition) is 2. The molecule has 3 unspecified atom stereocenters. The van der Waals surface area contributed by atoms with E-state index in [4.69, 9.17) is 0 Å².